The molecule has 6 heteroatoms. The Morgan fingerprint density at radius 1 is 0.967 bits per heavy atom. The first kappa shape index (κ1) is 21.3. The van der Waals surface area contributed by atoms with Crippen molar-refractivity contribution in [3.05, 3.63) is 81.9 Å². The quantitative estimate of drug-likeness (QED) is 0.429. The summed E-state index contributed by atoms with van der Waals surface area (Å²) in [6.07, 6.45) is 0. The van der Waals surface area contributed by atoms with E-state index < -0.39 is 18.4 Å². The lowest BCUT2D eigenvalue weighted by Gasteiger charge is -2.12. The molecular formula is C24H24FNO4. The second kappa shape index (κ2) is 8.53. The Morgan fingerprint density at radius 3 is 2.33 bits per heavy atom. The van der Waals surface area contributed by atoms with Crippen LogP contribution in [0.2, 0.25) is 0 Å². The van der Waals surface area contributed by atoms with E-state index in [1.807, 2.05) is 44.4 Å². The van der Waals surface area contributed by atoms with Gasteiger partial charge in [-0.25, -0.2) is 9.18 Å². The van der Waals surface area contributed by atoms with Crippen LogP contribution in [-0.4, -0.2) is 30.0 Å². The number of aryl methyl sites for hydroxylation is 3. The summed E-state index contributed by atoms with van der Waals surface area (Å²) >= 11 is 0. The Bertz CT molecular complexity index is 1130. The van der Waals surface area contributed by atoms with Crippen molar-refractivity contribution in [1.29, 1.82) is 0 Å². The molecule has 0 atom stereocenters. The number of carbonyl (C=O) groups is 2. The lowest BCUT2D eigenvalue weighted by atomic mass is 10.1. The lowest BCUT2D eigenvalue weighted by molar-refractivity contribution is 0.0474. The van der Waals surface area contributed by atoms with Gasteiger partial charge in [-0.2, -0.15) is 0 Å². The Hall–Kier alpha value is -3.41. The minimum atomic E-state index is -0.770. The maximum atomic E-state index is 13.8. The van der Waals surface area contributed by atoms with E-state index in [1.165, 1.54) is 24.8 Å². The van der Waals surface area contributed by atoms with Gasteiger partial charge in [0, 0.05) is 22.6 Å². The van der Waals surface area contributed by atoms with Gasteiger partial charge in [0.25, 0.3) is 0 Å². The highest BCUT2D eigenvalue weighted by atomic mass is 19.1. The predicted octanol–water partition coefficient (Wildman–Crippen LogP) is 4.90. The van der Waals surface area contributed by atoms with Gasteiger partial charge in [-0.15, -0.1) is 0 Å². The molecule has 0 bridgehead atoms. The van der Waals surface area contributed by atoms with Crippen molar-refractivity contribution in [3.63, 3.8) is 0 Å². The van der Waals surface area contributed by atoms with Crippen LogP contribution in [0.5, 0.6) is 5.75 Å². The van der Waals surface area contributed by atoms with Crippen LogP contribution in [0.3, 0.4) is 0 Å². The molecule has 0 saturated heterocycles. The monoisotopic (exact) mass is 409 g/mol. The van der Waals surface area contributed by atoms with E-state index in [1.54, 1.807) is 6.07 Å². The SMILES string of the molecule is COc1ccc(C(=O)OCC(=O)c2cc(C)n(-c3ccc(C)c(C)c3)c2C)cc1F. The van der Waals surface area contributed by atoms with Crippen LogP contribution < -0.4 is 4.74 Å². The molecule has 0 spiro atoms. The summed E-state index contributed by atoms with van der Waals surface area (Å²) in [7, 11) is 1.34. The molecule has 1 heterocycles. The van der Waals surface area contributed by atoms with E-state index in [0.29, 0.717) is 5.56 Å². The van der Waals surface area contributed by atoms with E-state index in [0.717, 1.165) is 28.7 Å². The van der Waals surface area contributed by atoms with Gasteiger partial charge in [-0.05, 0) is 75.2 Å². The molecule has 0 aliphatic rings. The van der Waals surface area contributed by atoms with E-state index in [9.17, 15) is 14.0 Å². The van der Waals surface area contributed by atoms with Crippen LogP contribution in [0, 0.1) is 33.5 Å². The molecule has 2 aromatic carbocycles. The maximum absolute atomic E-state index is 13.8. The number of esters is 1. The van der Waals surface area contributed by atoms with Gasteiger partial charge in [0.1, 0.15) is 0 Å². The second-order valence-corrected chi connectivity index (χ2v) is 7.24. The number of hydrogen-bond donors (Lipinski definition) is 0. The highest BCUT2D eigenvalue weighted by molar-refractivity contribution is 6.00. The molecule has 0 aliphatic heterocycles. The smallest absolute Gasteiger partial charge is 0.338 e. The van der Waals surface area contributed by atoms with Crippen LogP contribution >= 0.6 is 0 Å². The van der Waals surface area contributed by atoms with E-state index in [4.69, 9.17) is 9.47 Å². The minimum absolute atomic E-state index is 0.0155. The highest BCUT2D eigenvalue weighted by Crippen LogP contribution is 2.23. The fourth-order valence-corrected chi connectivity index (χ4v) is 3.39. The van der Waals surface area contributed by atoms with Gasteiger partial charge in [-0.1, -0.05) is 6.07 Å². The number of ketones is 1. The summed E-state index contributed by atoms with van der Waals surface area (Å²) in [6, 6.07) is 11.7. The number of aromatic nitrogens is 1. The molecule has 156 valence electrons. The van der Waals surface area contributed by atoms with Crippen LogP contribution in [0.4, 0.5) is 4.39 Å². The Morgan fingerprint density at radius 2 is 1.70 bits per heavy atom. The molecule has 0 saturated carbocycles. The summed E-state index contributed by atoms with van der Waals surface area (Å²) in [5.74, 6) is -1.73. The number of nitrogens with zero attached hydrogens (tertiary/aromatic N) is 1. The van der Waals surface area contributed by atoms with Crippen molar-refractivity contribution in [1.82, 2.24) is 4.57 Å². The number of Topliss-reactive ketones (excluding diaryl/α,β-unsaturated/α-hetero) is 1. The van der Waals surface area contributed by atoms with Crippen LogP contribution in [0.15, 0.2) is 42.5 Å². The summed E-state index contributed by atoms with van der Waals surface area (Å²) in [5.41, 5.74) is 5.50. The fraction of sp³-hybridized carbons (Fsp3) is 0.250. The van der Waals surface area contributed by atoms with Crippen LogP contribution in [0.25, 0.3) is 5.69 Å². The van der Waals surface area contributed by atoms with Crippen molar-refractivity contribution in [2.24, 2.45) is 0 Å². The molecule has 0 aliphatic carbocycles. The first-order valence-electron chi connectivity index (χ1n) is 9.53. The zero-order chi connectivity index (χ0) is 22.0. The Balaban J connectivity index is 1.77. The molecule has 0 unspecified atom stereocenters. The van der Waals surface area contributed by atoms with E-state index in [2.05, 4.69) is 6.07 Å². The van der Waals surface area contributed by atoms with Gasteiger partial charge < -0.3 is 14.0 Å². The summed E-state index contributed by atoms with van der Waals surface area (Å²) in [6.45, 7) is 7.44. The van der Waals surface area contributed by atoms with Crippen molar-refractivity contribution < 1.29 is 23.5 Å². The average molecular weight is 409 g/mol. The van der Waals surface area contributed by atoms with Crippen LogP contribution in [-0.2, 0) is 4.74 Å². The molecule has 1 aromatic heterocycles. The van der Waals surface area contributed by atoms with Gasteiger partial charge in [0.2, 0.25) is 5.78 Å². The van der Waals surface area contributed by atoms with Gasteiger partial charge in [0.15, 0.2) is 18.2 Å². The molecular weight excluding hydrogens is 385 g/mol. The standard InChI is InChI=1S/C24H24FNO4/c1-14-6-8-19(10-15(14)2)26-16(3)11-20(17(26)4)22(27)13-30-24(28)18-7-9-23(29-5)21(25)12-18/h6-12H,13H2,1-5H3. The molecule has 0 fully saturated rings. The van der Waals surface area contributed by atoms with E-state index >= 15 is 0 Å². The zero-order valence-corrected chi connectivity index (χ0v) is 17.7. The number of benzene rings is 2. The molecule has 0 amide bonds. The van der Waals surface area contributed by atoms with Crippen molar-refractivity contribution >= 4 is 11.8 Å². The summed E-state index contributed by atoms with van der Waals surface area (Å²) in [5, 5.41) is 0. The number of halogens is 1. The third kappa shape index (κ3) is 4.13. The summed E-state index contributed by atoms with van der Waals surface area (Å²) < 4.78 is 25.7. The lowest BCUT2D eigenvalue weighted by Crippen LogP contribution is -2.15. The molecule has 0 N–H and O–H groups in total. The topological polar surface area (TPSA) is 57.5 Å². The van der Waals surface area contributed by atoms with Crippen molar-refractivity contribution in [2.45, 2.75) is 27.7 Å². The van der Waals surface area contributed by atoms with Crippen molar-refractivity contribution in [3.8, 4) is 11.4 Å². The molecule has 3 rings (SSSR count). The van der Waals surface area contributed by atoms with Crippen molar-refractivity contribution in [2.75, 3.05) is 13.7 Å². The Kier molecular flexibility index (Phi) is 6.06. The van der Waals surface area contributed by atoms with Gasteiger partial charge >= 0.3 is 5.97 Å². The number of rotatable bonds is 6. The fourth-order valence-electron chi connectivity index (χ4n) is 3.39. The maximum Gasteiger partial charge on any atom is 0.338 e. The highest BCUT2D eigenvalue weighted by Gasteiger charge is 2.19. The average Bonchev–Trinajstić information content (AvgIpc) is 3.02. The predicted molar refractivity (Wildman–Crippen MR) is 112 cm³/mol. The molecule has 5 nitrogen and oxygen atoms in total. The Labute approximate surface area is 175 Å². The number of methoxy groups -OCH3 is 1. The van der Waals surface area contributed by atoms with Gasteiger partial charge in [-0.3, -0.25) is 4.79 Å². The van der Waals surface area contributed by atoms with E-state index in [-0.39, 0.29) is 17.1 Å². The first-order chi connectivity index (χ1) is 14.2. The third-order valence-electron chi connectivity index (χ3n) is 5.20. The third-order valence-corrected chi connectivity index (χ3v) is 5.20. The first-order valence-corrected chi connectivity index (χ1v) is 9.53. The minimum Gasteiger partial charge on any atom is -0.494 e. The molecule has 3 aromatic rings. The number of ether oxygens (including phenoxy) is 2. The van der Waals surface area contributed by atoms with Gasteiger partial charge in [0.05, 0.1) is 12.7 Å². The number of hydrogen-bond acceptors (Lipinski definition) is 4. The normalized spacial score (nSPS) is 10.7. The molecule has 30 heavy (non-hydrogen) atoms. The second-order valence-electron chi connectivity index (χ2n) is 7.24. The molecule has 0 radical (unpaired) electrons. The van der Waals surface area contributed by atoms with Crippen LogP contribution in [0.1, 0.15) is 43.2 Å². The zero-order valence-electron chi connectivity index (χ0n) is 17.7. The summed E-state index contributed by atoms with van der Waals surface area (Å²) in [4.78, 5) is 24.9. The largest absolute Gasteiger partial charge is 0.494 e. The number of carbonyl (C=O) groups excluding carboxylic acids is 2.